The Morgan fingerprint density at radius 3 is 1.81 bits per heavy atom. The quantitative estimate of drug-likeness (QED) is 0.126. The maximum Gasteiger partial charge on any atom is 0.186 e. The van der Waals surface area contributed by atoms with E-state index in [-0.39, 0.29) is 12.7 Å². The van der Waals surface area contributed by atoms with Crippen LogP contribution in [0.3, 0.4) is 0 Å². The van der Waals surface area contributed by atoms with Crippen LogP contribution in [0.25, 0.3) is 0 Å². The van der Waals surface area contributed by atoms with Crippen LogP contribution in [0, 0.1) is 5.92 Å². The second-order valence-corrected chi connectivity index (χ2v) is 10.3. The van der Waals surface area contributed by atoms with Crippen molar-refractivity contribution in [1.82, 2.24) is 0 Å². The number of aliphatic hydroxyl groups is 7. The summed E-state index contributed by atoms with van der Waals surface area (Å²) in [5.41, 5.74) is 0. The van der Waals surface area contributed by atoms with Crippen molar-refractivity contribution in [2.45, 2.75) is 139 Å². The van der Waals surface area contributed by atoms with Crippen LogP contribution in [0.5, 0.6) is 0 Å². The molecule has 220 valence electrons. The van der Waals surface area contributed by atoms with Gasteiger partial charge in [-0.3, -0.25) is 0 Å². The molecule has 11 unspecified atom stereocenters. The van der Waals surface area contributed by atoms with Gasteiger partial charge in [-0.1, -0.05) is 65.2 Å². The van der Waals surface area contributed by atoms with Gasteiger partial charge >= 0.3 is 0 Å². The second kappa shape index (κ2) is 17.3. The standard InChI is InChI=1S/C26H50O11/c1-3-5-6-7-8-9-10-11-12-16(4-2)35-26-23(32)20(29)17(18(13-27)36-26)15-34-25-24(33)22(31)21(30)19(14-28)37-25/h16-33H,3-15H2,1-2H3. The van der Waals surface area contributed by atoms with Crippen molar-refractivity contribution in [3.63, 3.8) is 0 Å². The highest BCUT2D eigenvalue weighted by Gasteiger charge is 2.48. The van der Waals surface area contributed by atoms with Crippen molar-refractivity contribution in [3.05, 3.63) is 0 Å². The monoisotopic (exact) mass is 538 g/mol. The molecule has 0 spiro atoms. The molecule has 11 heteroatoms. The minimum atomic E-state index is -1.60. The van der Waals surface area contributed by atoms with Crippen LogP contribution in [0.15, 0.2) is 0 Å². The molecule has 0 aromatic heterocycles. The fourth-order valence-corrected chi connectivity index (χ4v) is 4.96. The topological polar surface area (TPSA) is 179 Å². The predicted octanol–water partition coefficient (Wildman–Crippen LogP) is 0.184. The predicted molar refractivity (Wildman–Crippen MR) is 133 cm³/mol. The molecular weight excluding hydrogens is 488 g/mol. The molecule has 7 N–H and O–H groups in total. The maximum absolute atomic E-state index is 10.8. The van der Waals surface area contributed by atoms with Gasteiger partial charge in [0.25, 0.3) is 0 Å². The summed E-state index contributed by atoms with van der Waals surface area (Å²) in [5, 5.41) is 70.7. The number of rotatable bonds is 17. The van der Waals surface area contributed by atoms with Crippen LogP contribution in [0.1, 0.15) is 78.1 Å². The lowest BCUT2D eigenvalue weighted by Crippen LogP contribution is -2.61. The normalized spacial score (nSPS) is 37.5. The summed E-state index contributed by atoms with van der Waals surface area (Å²) in [5.74, 6) is -0.889. The number of aliphatic hydroxyl groups excluding tert-OH is 7. The largest absolute Gasteiger partial charge is 0.394 e. The third-order valence-electron chi connectivity index (χ3n) is 7.50. The second-order valence-electron chi connectivity index (χ2n) is 10.3. The highest BCUT2D eigenvalue weighted by Crippen LogP contribution is 2.30. The van der Waals surface area contributed by atoms with E-state index in [2.05, 4.69) is 6.92 Å². The minimum Gasteiger partial charge on any atom is -0.394 e. The fraction of sp³-hybridized carbons (Fsp3) is 1.00. The maximum atomic E-state index is 10.8. The molecule has 37 heavy (non-hydrogen) atoms. The van der Waals surface area contributed by atoms with Gasteiger partial charge in [0.15, 0.2) is 12.6 Å². The highest BCUT2D eigenvalue weighted by molar-refractivity contribution is 4.92. The van der Waals surface area contributed by atoms with E-state index in [1.807, 2.05) is 6.92 Å². The Bertz CT molecular complexity index is 593. The van der Waals surface area contributed by atoms with Crippen LogP contribution in [0.2, 0.25) is 0 Å². The molecule has 0 saturated carbocycles. The van der Waals surface area contributed by atoms with Gasteiger partial charge < -0.3 is 54.7 Å². The van der Waals surface area contributed by atoms with Gasteiger partial charge in [-0.2, -0.15) is 0 Å². The van der Waals surface area contributed by atoms with Gasteiger partial charge in [-0.05, 0) is 12.8 Å². The summed E-state index contributed by atoms with van der Waals surface area (Å²) in [7, 11) is 0. The third kappa shape index (κ3) is 9.61. The Hall–Kier alpha value is -0.440. The molecule has 0 aromatic carbocycles. The van der Waals surface area contributed by atoms with E-state index in [1.165, 1.54) is 38.5 Å². The molecule has 0 aromatic rings. The number of hydrogen-bond donors (Lipinski definition) is 7. The zero-order valence-corrected chi connectivity index (χ0v) is 22.3. The molecule has 2 rings (SSSR count). The van der Waals surface area contributed by atoms with E-state index in [0.717, 1.165) is 19.3 Å². The van der Waals surface area contributed by atoms with Gasteiger partial charge in [0.1, 0.15) is 30.5 Å². The molecule has 2 saturated heterocycles. The average Bonchev–Trinajstić information content (AvgIpc) is 2.90. The van der Waals surface area contributed by atoms with Gasteiger partial charge in [0.05, 0.1) is 38.1 Å². The first-order valence-electron chi connectivity index (χ1n) is 14.0. The van der Waals surface area contributed by atoms with E-state index in [0.29, 0.717) is 6.42 Å². The van der Waals surface area contributed by atoms with Crippen LogP contribution < -0.4 is 0 Å². The van der Waals surface area contributed by atoms with E-state index in [9.17, 15) is 35.7 Å². The Kier molecular flexibility index (Phi) is 15.3. The van der Waals surface area contributed by atoms with Crippen molar-refractivity contribution in [3.8, 4) is 0 Å². The Labute approximate surface area is 220 Å². The highest BCUT2D eigenvalue weighted by atomic mass is 16.7. The Morgan fingerprint density at radius 1 is 0.649 bits per heavy atom. The van der Waals surface area contributed by atoms with Crippen LogP contribution in [-0.2, 0) is 18.9 Å². The SMILES string of the molecule is CCCCCCCCCCC(CC)OC1OC(CO)C(COC2OC(CO)C(O)C(O)C2O)C(O)C1O. The molecule has 2 aliphatic heterocycles. The van der Waals surface area contributed by atoms with Gasteiger partial charge in [0, 0.05) is 5.92 Å². The molecule has 11 nitrogen and oxygen atoms in total. The van der Waals surface area contributed by atoms with Crippen LogP contribution in [0.4, 0.5) is 0 Å². The molecule has 0 bridgehead atoms. The van der Waals surface area contributed by atoms with E-state index in [4.69, 9.17) is 18.9 Å². The van der Waals surface area contributed by atoms with Gasteiger partial charge in [0.2, 0.25) is 0 Å². The van der Waals surface area contributed by atoms with Crippen molar-refractivity contribution < 1.29 is 54.7 Å². The van der Waals surface area contributed by atoms with Crippen LogP contribution in [-0.4, -0.2) is 117 Å². The summed E-state index contributed by atoms with van der Waals surface area (Å²) in [6.07, 6.45) is -1.08. The average molecular weight is 539 g/mol. The molecule has 11 atom stereocenters. The third-order valence-corrected chi connectivity index (χ3v) is 7.50. The van der Waals surface area contributed by atoms with Crippen molar-refractivity contribution in [1.29, 1.82) is 0 Å². The number of ether oxygens (including phenoxy) is 4. The summed E-state index contributed by atoms with van der Waals surface area (Å²) >= 11 is 0. The molecule has 0 radical (unpaired) electrons. The summed E-state index contributed by atoms with van der Waals surface area (Å²) in [6, 6.07) is 0. The van der Waals surface area contributed by atoms with Crippen molar-refractivity contribution >= 4 is 0 Å². The van der Waals surface area contributed by atoms with Crippen molar-refractivity contribution in [2.75, 3.05) is 19.8 Å². The summed E-state index contributed by atoms with van der Waals surface area (Å²) in [4.78, 5) is 0. The van der Waals surface area contributed by atoms with Crippen molar-refractivity contribution in [2.24, 2.45) is 5.92 Å². The first kappa shape index (κ1) is 32.8. The zero-order chi connectivity index (χ0) is 27.4. The van der Waals surface area contributed by atoms with Gasteiger partial charge in [-0.15, -0.1) is 0 Å². The summed E-state index contributed by atoms with van der Waals surface area (Å²) < 4.78 is 22.6. The Balaban J connectivity index is 1.84. The molecule has 0 amide bonds. The smallest absolute Gasteiger partial charge is 0.186 e. The number of unbranched alkanes of at least 4 members (excludes halogenated alkanes) is 7. The summed E-state index contributed by atoms with van der Waals surface area (Å²) in [6.45, 7) is 2.82. The first-order chi connectivity index (χ1) is 17.8. The first-order valence-corrected chi connectivity index (χ1v) is 14.0. The fourth-order valence-electron chi connectivity index (χ4n) is 4.96. The number of hydrogen-bond acceptors (Lipinski definition) is 11. The van der Waals surface area contributed by atoms with E-state index in [1.54, 1.807) is 0 Å². The van der Waals surface area contributed by atoms with Crippen LogP contribution >= 0.6 is 0 Å². The molecule has 0 aliphatic carbocycles. The molecule has 2 aliphatic rings. The molecule has 2 fully saturated rings. The molecular formula is C26H50O11. The lowest BCUT2D eigenvalue weighted by atomic mass is 9.89. The van der Waals surface area contributed by atoms with Gasteiger partial charge in [-0.25, -0.2) is 0 Å². The minimum absolute atomic E-state index is 0.159. The molecule has 2 heterocycles. The van der Waals surface area contributed by atoms with E-state index >= 15 is 0 Å². The lowest BCUT2D eigenvalue weighted by Gasteiger charge is -2.44. The Morgan fingerprint density at radius 2 is 1.22 bits per heavy atom. The lowest BCUT2D eigenvalue weighted by molar-refractivity contribution is -0.327. The van der Waals surface area contributed by atoms with E-state index < -0.39 is 74.4 Å². The zero-order valence-electron chi connectivity index (χ0n) is 22.3.